The smallest absolute Gasteiger partial charge is 0.166 e. The third-order valence-corrected chi connectivity index (χ3v) is 3.96. The minimum absolute atomic E-state index is 0.802. The lowest BCUT2D eigenvalue weighted by Gasteiger charge is -2.01. The van der Waals surface area contributed by atoms with Gasteiger partial charge in [-0.05, 0) is 42.0 Å². The molecule has 0 aliphatic heterocycles. The summed E-state index contributed by atoms with van der Waals surface area (Å²) >= 11 is 1.64. The minimum atomic E-state index is 0.802. The summed E-state index contributed by atoms with van der Waals surface area (Å²) in [7, 11) is 1.66. The highest BCUT2D eigenvalue weighted by Gasteiger charge is 2.05. The van der Waals surface area contributed by atoms with Crippen LogP contribution in [0.15, 0.2) is 60.0 Å². The highest BCUT2D eigenvalue weighted by molar-refractivity contribution is 7.98. The van der Waals surface area contributed by atoms with E-state index in [9.17, 15) is 0 Å². The van der Waals surface area contributed by atoms with Crippen LogP contribution in [0.2, 0.25) is 0 Å². The van der Waals surface area contributed by atoms with Crippen molar-refractivity contribution in [1.82, 2.24) is 15.0 Å². The standard InChI is InChI=1S/C16H15N3OS/c1-20-14-7-5-12(6-8-14)15-10-18-16(19-15)21-11-13-4-2-3-9-17-13/h2-10H,11H2,1H3,(H,18,19). The van der Waals surface area contributed by atoms with Gasteiger partial charge in [-0.25, -0.2) is 4.98 Å². The van der Waals surface area contributed by atoms with Gasteiger partial charge in [-0.2, -0.15) is 0 Å². The van der Waals surface area contributed by atoms with Crippen molar-refractivity contribution in [1.29, 1.82) is 0 Å². The van der Waals surface area contributed by atoms with E-state index in [1.54, 1.807) is 25.1 Å². The number of rotatable bonds is 5. The number of aromatic amines is 1. The monoisotopic (exact) mass is 297 g/mol. The van der Waals surface area contributed by atoms with Crippen molar-refractivity contribution in [3.05, 3.63) is 60.6 Å². The molecule has 0 saturated carbocycles. The van der Waals surface area contributed by atoms with Gasteiger partial charge < -0.3 is 9.72 Å². The van der Waals surface area contributed by atoms with Crippen molar-refractivity contribution < 1.29 is 4.74 Å². The summed E-state index contributed by atoms with van der Waals surface area (Å²) in [5.74, 6) is 1.65. The molecule has 0 radical (unpaired) electrons. The summed E-state index contributed by atoms with van der Waals surface area (Å²) < 4.78 is 5.16. The lowest BCUT2D eigenvalue weighted by molar-refractivity contribution is 0.415. The van der Waals surface area contributed by atoms with Gasteiger partial charge in [0.05, 0.1) is 24.7 Å². The quantitative estimate of drug-likeness (QED) is 0.728. The molecule has 106 valence electrons. The second-order valence-electron chi connectivity index (χ2n) is 4.44. The zero-order chi connectivity index (χ0) is 14.5. The summed E-state index contributed by atoms with van der Waals surface area (Å²) in [5, 5.41) is 0.895. The van der Waals surface area contributed by atoms with Crippen LogP contribution in [0.3, 0.4) is 0 Å². The van der Waals surface area contributed by atoms with Crippen LogP contribution in [0.1, 0.15) is 5.69 Å². The summed E-state index contributed by atoms with van der Waals surface area (Å²) in [4.78, 5) is 12.0. The maximum atomic E-state index is 5.16. The molecule has 5 heteroatoms. The summed E-state index contributed by atoms with van der Waals surface area (Å²) in [6, 6.07) is 13.8. The Morgan fingerprint density at radius 2 is 1.95 bits per heavy atom. The van der Waals surface area contributed by atoms with Gasteiger partial charge in [0, 0.05) is 11.9 Å². The molecule has 3 rings (SSSR count). The molecule has 0 amide bonds. The van der Waals surface area contributed by atoms with E-state index < -0.39 is 0 Å². The van der Waals surface area contributed by atoms with Crippen molar-refractivity contribution in [3.63, 3.8) is 0 Å². The van der Waals surface area contributed by atoms with Crippen molar-refractivity contribution in [3.8, 4) is 17.0 Å². The van der Waals surface area contributed by atoms with Crippen LogP contribution >= 0.6 is 11.8 Å². The van der Waals surface area contributed by atoms with E-state index in [4.69, 9.17) is 4.74 Å². The Kier molecular flexibility index (Phi) is 4.21. The molecule has 3 aromatic rings. The molecular formula is C16H15N3OS. The van der Waals surface area contributed by atoms with Crippen LogP contribution in [0.25, 0.3) is 11.3 Å². The van der Waals surface area contributed by atoms with Crippen LogP contribution in [0.4, 0.5) is 0 Å². The molecule has 0 fully saturated rings. The zero-order valence-corrected chi connectivity index (χ0v) is 12.4. The van der Waals surface area contributed by atoms with Gasteiger partial charge in [-0.15, -0.1) is 0 Å². The van der Waals surface area contributed by atoms with Gasteiger partial charge in [0.1, 0.15) is 5.75 Å². The van der Waals surface area contributed by atoms with E-state index >= 15 is 0 Å². The zero-order valence-electron chi connectivity index (χ0n) is 11.6. The van der Waals surface area contributed by atoms with Gasteiger partial charge >= 0.3 is 0 Å². The van der Waals surface area contributed by atoms with E-state index in [0.717, 1.165) is 33.6 Å². The van der Waals surface area contributed by atoms with Crippen molar-refractivity contribution in [2.24, 2.45) is 0 Å². The Labute approximate surface area is 127 Å². The SMILES string of the molecule is COc1ccc(-c2cnc(SCc3ccccn3)[nH]2)cc1. The second kappa shape index (κ2) is 6.45. The summed E-state index contributed by atoms with van der Waals surface area (Å²) in [5.41, 5.74) is 3.14. The molecule has 0 saturated heterocycles. The highest BCUT2D eigenvalue weighted by atomic mass is 32.2. The molecule has 0 spiro atoms. The average molecular weight is 297 g/mol. The second-order valence-corrected chi connectivity index (χ2v) is 5.40. The van der Waals surface area contributed by atoms with Gasteiger partial charge in [0.2, 0.25) is 0 Å². The van der Waals surface area contributed by atoms with Crippen LogP contribution < -0.4 is 4.74 Å². The van der Waals surface area contributed by atoms with Crippen molar-refractivity contribution in [2.45, 2.75) is 10.9 Å². The molecule has 1 N–H and O–H groups in total. The molecule has 0 aliphatic rings. The maximum Gasteiger partial charge on any atom is 0.166 e. The fourth-order valence-electron chi connectivity index (χ4n) is 1.92. The maximum absolute atomic E-state index is 5.16. The van der Waals surface area contributed by atoms with E-state index in [1.807, 2.05) is 48.7 Å². The molecule has 2 heterocycles. The van der Waals surface area contributed by atoms with Crippen molar-refractivity contribution in [2.75, 3.05) is 7.11 Å². The number of aromatic nitrogens is 3. The number of pyridine rings is 1. The fourth-order valence-corrected chi connectivity index (χ4v) is 2.68. The molecular weight excluding hydrogens is 282 g/mol. The minimum Gasteiger partial charge on any atom is -0.497 e. The van der Waals surface area contributed by atoms with Crippen molar-refractivity contribution >= 4 is 11.8 Å². The van der Waals surface area contributed by atoms with E-state index in [2.05, 4.69) is 15.0 Å². The van der Waals surface area contributed by atoms with E-state index in [-0.39, 0.29) is 0 Å². The number of nitrogens with one attached hydrogen (secondary N) is 1. The Morgan fingerprint density at radius 1 is 1.10 bits per heavy atom. The van der Waals surface area contributed by atoms with Gasteiger partial charge in [-0.3, -0.25) is 4.98 Å². The first-order chi connectivity index (χ1) is 10.3. The van der Waals surface area contributed by atoms with Gasteiger partial charge in [0.15, 0.2) is 5.16 Å². The molecule has 1 aromatic carbocycles. The normalized spacial score (nSPS) is 10.5. The lowest BCUT2D eigenvalue weighted by atomic mass is 10.2. The predicted octanol–water partition coefficient (Wildman–Crippen LogP) is 3.77. The molecule has 21 heavy (non-hydrogen) atoms. The number of ether oxygens (including phenoxy) is 1. The Morgan fingerprint density at radius 3 is 2.67 bits per heavy atom. The Bertz CT molecular complexity index is 695. The largest absolute Gasteiger partial charge is 0.497 e. The molecule has 0 aliphatic carbocycles. The molecule has 0 unspecified atom stereocenters. The number of thioether (sulfide) groups is 1. The third-order valence-electron chi connectivity index (χ3n) is 3.04. The summed E-state index contributed by atoms with van der Waals surface area (Å²) in [6.45, 7) is 0. The molecule has 0 bridgehead atoms. The number of imidazole rings is 1. The number of nitrogens with zero attached hydrogens (tertiary/aromatic N) is 2. The van der Waals surface area contributed by atoms with Gasteiger partial charge in [-0.1, -0.05) is 17.8 Å². The van der Waals surface area contributed by atoms with Crippen LogP contribution in [-0.4, -0.2) is 22.1 Å². The number of hydrogen-bond donors (Lipinski definition) is 1. The third kappa shape index (κ3) is 3.44. The first-order valence-corrected chi connectivity index (χ1v) is 7.56. The summed E-state index contributed by atoms with van der Waals surface area (Å²) in [6.07, 6.45) is 3.66. The first kappa shape index (κ1) is 13.7. The van der Waals surface area contributed by atoms with Crippen LogP contribution in [0.5, 0.6) is 5.75 Å². The van der Waals surface area contributed by atoms with E-state index in [1.165, 1.54) is 0 Å². The van der Waals surface area contributed by atoms with Crippen LogP contribution in [0, 0.1) is 0 Å². The Balaban J connectivity index is 1.68. The predicted molar refractivity (Wildman–Crippen MR) is 84.4 cm³/mol. The average Bonchev–Trinajstić information content (AvgIpc) is 3.03. The number of hydrogen-bond acceptors (Lipinski definition) is 4. The highest BCUT2D eigenvalue weighted by Crippen LogP contribution is 2.24. The first-order valence-electron chi connectivity index (χ1n) is 6.57. The van der Waals surface area contributed by atoms with Crippen LogP contribution in [-0.2, 0) is 5.75 Å². The topological polar surface area (TPSA) is 50.8 Å². The molecule has 4 nitrogen and oxygen atoms in total. The molecule has 0 atom stereocenters. The Hall–Kier alpha value is -2.27. The van der Waals surface area contributed by atoms with E-state index in [0.29, 0.717) is 0 Å². The number of methoxy groups -OCH3 is 1. The lowest BCUT2D eigenvalue weighted by Crippen LogP contribution is -1.85. The number of H-pyrrole nitrogens is 1. The van der Waals surface area contributed by atoms with Gasteiger partial charge in [0.25, 0.3) is 0 Å². The molecule has 2 aromatic heterocycles. The number of benzene rings is 1. The fraction of sp³-hybridized carbons (Fsp3) is 0.125.